The van der Waals surface area contributed by atoms with Crippen LogP contribution in [-0.2, 0) is 9.59 Å². The molecule has 1 heterocycles. The zero-order valence-corrected chi connectivity index (χ0v) is 18.2. The van der Waals surface area contributed by atoms with Gasteiger partial charge in [-0.25, -0.2) is 5.01 Å². The number of anilines is 2. The quantitative estimate of drug-likeness (QED) is 0.500. The second-order valence-electron chi connectivity index (χ2n) is 6.86. The third-order valence-electron chi connectivity index (χ3n) is 4.86. The van der Waals surface area contributed by atoms with Gasteiger partial charge in [-0.3, -0.25) is 15.0 Å². The van der Waals surface area contributed by atoms with Crippen molar-refractivity contribution in [1.29, 1.82) is 0 Å². The van der Waals surface area contributed by atoms with Crippen LogP contribution in [0.2, 0.25) is 5.02 Å². The molecule has 0 atom stereocenters. The maximum Gasteiger partial charge on any atom is 0.282 e. The van der Waals surface area contributed by atoms with Gasteiger partial charge in [-0.05, 0) is 62.7 Å². The van der Waals surface area contributed by atoms with Gasteiger partial charge in [0.05, 0.1) is 12.3 Å². The summed E-state index contributed by atoms with van der Waals surface area (Å²) in [5.41, 5.74) is 4.93. The number of nitrogens with one attached hydrogen (secondary N) is 1. The Bertz CT molecular complexity index is 953. The number of carbonyl (C=O) groups excluding carboxylic acids is 2. The molecule has 0 saturated carbocycles. The number of amides is 2. The predicted molar refractivity (Wildman–Crippen MR) is 121 cm³/mol. The normalized spacial score (nSPS) is 14.9. The van der Waals surface area contributed by atoms with Crippen LogP contribution in [0.1, 0.15) is 32.8 Å². The first kappa shape index (κ1) is 21.7. The van der Waals surface area contributed by atoms with Crippen LogP contribution in [0, 0.1) is 0 Å². The molecule has 6 nitrogen and oxygen atoms in total. The van der Waals surface area contributed by atoms with Crippen molar-refractivity contribution in [2.75, 3.05) is 29.6 Å². The minimum atomic E-state index is -0.454. The highest BCUT2D eigenvalue weighted by Crippen LogP contribution is 2.30. The minimum absolute atomic E-state index is 0.0573. The van der Waals surface area contributed by atoms with Gasteiger partial charge < -0.3 is 9.64 Å². The molecule has 2 amide bonds. The smallest absolute Gasteiger partial charge is 0.282 e. The molecular weight excluding hydrogens is 402 g/mol. The lowest BCUT2D eigenvalue weighted by molar-refractivity contribution is -0.117. The largest absolute Gasteiger partial charge is 0.493 e. The standard InChI is InChI=1S/C23H26ClN3O3/c1-4-13-30-21-15-19(26(5-2)6-3)10-7-16(21)14-20-22(28)25-27(23(20)29)18-11-8-17(24)9-12-18/h7-12,14-15H,4-6,13H2,1-3H3,(H,25,28)/b20-14-. The number of benzene rings is 2. The molecule has 7 heteroatoms. The SMILES string of the molecule is CCCOc1cc(N(CC)CC)ccc1/C=C1/C(=O)NN(c2ccc(Cl)cc2)C1=O. The molecule has 0 bridgehead atoms. The van der Waals surface area contributed by atoms with Crippen molar-refractivity contribution in [3.8, 4) is 5.75 Å². The third-order valence-corrected chi connectivity index (χ3v) is 5.12. The van der Waals surface area contributed by atoms with E-state index in [1.165, 1.54) is 5.01 Å². The minimum Gasteiger partial charge on any atom is -0.493 e. The Kier molecular flexibility index (Phi) is 7.00. The maximum atomic E-state index is 12.9. The molecule has 158 valence electrons. The Balaban J connectivity index is 1.95. The molecule has 1 saturated heterocycles. The molecule has 0 unspecified atom stereocenters. The lowest BCUT2D eigenvalue weighted by Gasteiger charge is -2.22. The van der Waals surface area contributed by atoms with Gasteiger partial charge in [0.25, 0.3) is 11.8 Å². The summed E-state index contributed by atoms with van der Waals surface area (Å²) in [6, 6.07) is 12.5. The van der Waals surface area contributed by atoms with Gasteiger partial charge in [-0.15, -0.1) is 0 Å². The summed E-state index contributed by atoms with van der Waals surface area (Å²) in [6.45, 7) is 8.53. The summed E-state index contributed by atoms with van der Waals surface area (Å²) in [5.74, 6) is -0.222. The van der Waals surface area contributed by atoms with Crippen LogP contribution >= 0.6 is 11.6 Å². The first-order valence-electron chi connectivity index (χ1n) is 10.1. The van der Waals surface area contributed by atoms with Crippen LogP contribution in [0.4, 0.5) is 11.4 Å². The topological polar surface area (TPSA) is 61.9 Å². The number of hydrogen-bond acceptors (Lipinski definition) is 4. The molecule has 3 rings (SSSR count). The Morgan fingerprint density at radius 1 is 1.07 bits per heavy atom. The second-order valence-corrected chi connectivity index (χ2v) is 7.30. The van der Waals surface area contributed by atoms with Gasteiger partial charge in [-0.1, -0.05) is 18.5 Å². The molecule has 0 radical (unpaired) electrons. The van der Waals surface area contributed by atoms with Gasteiger partial charge in [0.1, 0.15) is 11.3 Å². The molecule has 1 fully saturated rings. The van der Waals surface area contributed by atoms with Gasteiger partial charge in [0, 0.05) is 35.4 Å². The van der Waals surface area contributed by atoms with Crippen molar-refractivity contribution in [3.05, 3.63) is 58.6 Å². The van der Waals surface area contributed by atoms with E-state index in [-0.39, 0.29) is 5.57 Å². The molecule has 30 heavy (non-hydrogen) atoms. The Labute approximate surface area is 182 Å². The summed E-state index contributed by atoms with van der Waals surface area (Å²) in [6.07, 6.45) is 2.44. The van der Waals surface area contributed by atoms with Crippen LogP contribution in [0.3, 0.4) is 0 Å². The molecule has 0 aliphatic carbocycles. The fourth-order valence-electron chi connectivity index (χ4n) is 3.25. The van der Waals surface area contributed by atoms with Crippen molar-refractivity contribution in [1.82, 2.24) is 5.43 Å². The van der Waals surface area contributed by atoms with Gasteiger partial charge >= 0.3 is 0 Å². The number of hydrogen-bond donors (Lipinski definition) is 1. The molecule has 1 aliphatic rings. The van der Waals surface area contributed by atoms with Gasteiger partial charge in [0.15, 0.2) is 0 Å². The number of ether oxygens (including phenoxy) is 1. The van der Waals surface area contributed by atoms with E-state index in [9.17, 15) is 9.59 Å². The first-order valence-corrected chi connectivity index (χ1v) is 10.5. The summed E-state index contributed by atoms with van der Waals surface area (Å²) in [4.78, 5) is 27.6. The Hall–Kier alpha value is -2.99. The average molecular weight is 428 g/mol. The lowest BCUT2D eigenvalue weighted by atomic mass is 10.1. The monoisotopic (exact) mass is 427 g/mol. The number of halogens is 1. The number of hydrazine groups is 1. The van der Waals surface area contributed by atoms with Crippen molar-refractivity contribution in [2.45, 2.75) is 27.2 Å². The van der Waals surface area contributed by atoms with Crippen LogP contribution < -0.4 is 20.1 Å². The van der Waals surface area contributed by atoms with Crippen LogP contribution in [0.15, 0.2) is 48.0 Å². The molecule has 0 aromatic heterocycles. The van der Waals surface area contributed by atoms with E-state index >= 15 is 0 Å². The number of nitrogens with zero attached hydrogens (tertiary/aromatic N) is 2. The highest BCUT2D eigenvalue weighted by molar-refractivity contribution is 6.32. The van der Waals surface area contributed by atoms with E-state index in [1.54, 1.807) is 30.3 Å². The van der Waals surface area contributed by atoms with E-state index in [4.69, 9.17) is 16.3 Å². The average Bonchev–Trinajstić information content (AvgIpc) is 3.03. The zero-order valence-electron chi connectivity index (χ0n) is 17.4. The number of carbonyl (C=O) groups is 2. The van der Waals surface area contributed by atoms with Crippen LogP contribution in [-0.4, -0.2) is 31.5 Å². The van der Waals surface area contributed by atoms with E-state index in [0.717, 1.165) is 25.2 Å². The van der Waals surface area contributed by atoms with Crippen LogP contribution in [0.25, 0.3) is 6.08 Å². The molecule has 2 aromatic rings. The molecule has 2 aromatic carbocycles. The highest BCUT2D eigenvalue weighted by Gasteiger charge is 2.34. The van der Waals surface area contributed by atoms with E-state index in [0.29, 0.717) is 28.6 Å². The fourth-order valence-corrected chi connectivity index (χ4v) is 3.38. The predicted octanol–water partition coefficient (Wildman–Crippen LogP) is 4.44. The molecule has 0 spiro atoms. The van der Waals surface area contributed by atoms with Crippen molar-refractivity contribution >= 4 is 40.9 Å². The van der Waals surface area contributed by atoms with Gasteiger partial charge in [0.2, 0.25) is 0 Å². The lowest BCUT2D eigenvalue weighted by Crippen LogP contribution is -2.35. The summed E-state index contributed by atoms with van der Waals surface area (Å²) < 4.78 is 5.93. The molecule has 1 aliphatic heterocycles. The third kappa shape index (κ3) is 4.60. The first-order chi connectivity index (χ1) is 14.5. The van der Waals surface area contributed by atoms with Crippen molar-refractivity contribution in [3.63, 3.8) is 0 Å². The van der Waals surface area contributed by atoms with E-state index in [2.05, 4.69) is 24.2 Å². The van der Waals surface area contributed by atoms with Crippen LogP contribution in [0.5, 0.6) is 5.75 Å². The fraction of sp³-hybridized carbons (Fsp3) is 0.304. The maximum absolute atomic E-state index is 12.9. The summed E-state index contributed by atoms with van der Waals surface area (Å²) >= 11 is 5.91. The van der Waals surface area contributed by atoms with Crippen molar-refractivity contribution < 1.29 is 14.3 Å². The molecule has 1 N–H and O–H groups in total. The van der Waals surface area contributed by atoms with E-state index < -0.39 is 11.8 Å². The van der Waals surface area contributed by atoms with E-state index in [1.807, 2.05) is 25.1 Å². The Morgan fingerprint density at radius 2 is 1.77 bits per heavy atom. The highest BCUT2D eigenvalue weighted by atomic mass is 35.5. The van der Waals surface area contributed by atoms with Gasteiger partial charge in [-0.2, -0.15) is 0 Å². The zero-order chi connectivity index (χ0) is 21.7. The van der Waals surface area contributed by atoms with Crippen molar-refractivity contribution in [2.24, 2.45) is 0 Å². The Morgan fingerprint density at radius 3 is 2.40 bits per heavy atom. The second kappa shape index (κ2) is 9.67. The summed E-state index contributed by atoms with van der Waals surface area (Å²) in [5, 5.41) is 1.78. The summed E-state index contributed by atoms with van der Waals surface area (Å²) in [7, 11) is 0. The number of rotatable bonds is 8. The molecular formula is C23H26ClN3O3.